The Balaban J connectivity index is -0.000000320. The summed E-state index contributed by atoms with van der Waals surface area (Å²) in [5.41, 5.74) is 0. The normalized spacial score (nSPS) is 11.3. The van der Waals surface area contributed by atoms with Crippen LogP contribution >= 0.6 is 15.6 Å². The molecule has 0 aliphatic carbocycles. The Kier molecular flexibility index (Phi) is 14.1. The van der Waals surface area contributed by atoms with Crippen molar-refractivity contribution in [3.63, 3.8) is 0 Å². The summed E-state index contributed by atoms with van der Waals surface area (Å²) in [4.78, 5) is 37.3. The van der Waals surface area contributed by atoms with Crippen LogP contribution in [-0.4, -0.2) is 0 Å². The molecule has 0 aliphatic heterocycles. The van der Waals surface area contributed by atoms with E-state index < -0.39 is 15.6 Å². The maximum absolute atomic E-state index is 9.32. The Hall–Kier alpha value is 3.53. The quantitative estimate of drug-likeness (QED) is 0.351. The van der Waals surface area contributed by atoms with Crippen molar-refractivity contribution < 1.29 is 136 Å². The van der Waals surface area contributed by atoms with E-state index in [-0.39, 0.29) is 103 Å². The third-order valence-electron chi connectivity index (χ3n) is 0.200. The van der Waals surface area contributed by atoms with E-state index in [4.69, 9.17) is 0 Å². The minimum atomic E-state index is -5.68. The summed E-state index contributed by atoms with van der Waals surface area (Å²) in [7, 11) is -11.4. The summed E-state index contributed by atoms with van der Waals surface area (Å²) in [5, 5.41) is 0. The number of rotatable bonds is 2. The van der Waals surface area contributed by atoms with Crippen LogP contribution in [0.1, 0.15) is 0 Å². The third-order valence-corrected chi connectivity index (χ3v) is 1.80. The van der Waals surface area contributed by atoms with Gasteiger partial charge in [0.25, 0.3) is 0 Å². The van der Waals surface area contributed by atoms with Crippen LogP contribution in [0.4, 0.5) is 0 Å². The summed E-state index contributed by atoms with van der Waals surface area (Å²) in [5.74, 6) is 0. The molecule has 0 rings (SSSR count). The van der Waals surface area contributed by atoms with Gasteiger partial charge in [0.15, 0.2) is 0 Å². The predicted molar refractivity (Wildman–Crippen MR) is 16.3 cm³/mol. The number of hydrogen-bond donors (Lipinski definition) is 0. The molecular weight excluding hydrogens is 252 g/mol. The molecule has 7 nitrogen and oxygen atoms in total. The molecule has 11 heavy (non-hydrogen) atoms. The first-order valence-electron chi connectivity index (χ1n) is 1.46. The van der Waals surface area contributed by atoms with Crippen molar-refractivity contribution in [2.45, 2.75) is 0 Å². The van der Waals surface area contributed by atoms with Crippen LogP contribution in [0.2, 0.25) is 0 Å². The molecule has 0 unspecified atom stereocenters. The average Bonchev–Trinajstić information content (AvgIpc) is 1.14. The fraction of sp³-hybridized carbons (Fsp3) is 0. The molecule has 0 radical (unpaired) electrons. The summed E-state index contributed by atoms with van der Waals surface area (Å²) >= 11 is 0. The van der Waals surface area contributed by atoms with Gasteiger partial charge in [0.05, 0.1) is 15.6 Å². The molecule has 0 amide bonds. The second-order valence-electron chi connectivity index (χ2n) is 0.976. The van der Waals surface area contributed by atoms with Crippen molar-refractivity contribution in [2.75, 3.05) is 0 Å². The molecule has 0 spiro atoms. The van der Waals surface area contributed by atoms with Crippen molar-refractivity contribution in [3.8, 4) is 0 Å². The zero-order valence-electron chi connectivity index (χ0n) is 5.75. The van der Waals surface area contributed by atoms with Gasteiger partial charge in [-0.15, -0.1) is 0 Å². The van der Waals surface area contributed by atoms with E-state index in [1.165, 1.54) is 0 Å². The van der Waals surface area contributed by atoms with E-state index in [2.05, 4.69) is 4.31 Å². The molecule has 0 bridgehead atoms. The van der Waals surface area contributed by atoms with E-state index in [0.29, 0.717) is 0 Å². The molecule has 0 N–H and O–H groups in total. The van der Waals surface area contributed by atoms with E-state index in [9.17, 15) is 28.7 Å². The van der Waals surface area contributed by atoms with Gasteiger partial charge in [-0.05, 0) is 0 Å². The summed E-state index contributed by atoms with van der Waals surface area (Å²) in [6, 6.07) is 0. The predicted octanol–water partition coefficient (Wildman–Crippen LogP) is -9.33. The molecular formula is K2O7P2-2. The topological polar surface area (TPSA) is 136 Å². The van der Waals surface area contributed by atoms with Crippen LogP contribution in [0.5, 0.6) is 0 Å². The zero-order valence-corrected chi connectivity index (χ0v) is 13.8. The minimum absolute atomic E-state index is 0. The van der Waals surface area contributed by atoms with Gasteiger partial charge < -0.3 is 33.0 Å². The van der Waals surface area contributed by atoms with E-state index in [0.717, 1.165) is 0 Å². The van der Waals surface area contributed by atoms with Gasteiger partial charge in [-0.25, -0.2) is 0 Å². The first kappa shape index (κ1) is 20.0. The Bertz CT molecular complexity index is 155. The fourth-order valence-corrected chi connectivity index (χ4v) is 1.10. The molecule has 0 saturated carbocycles. The van der Waals surface area contributed by atoms with E-state index in [1.54, 1.807) is 0 Å². The Morgan fingerprint density at radius 3 is 1.00 bits per heavy atom. The standard InChI is InChI=1S/2K.H4O7P2/c;;1-8(2,3)7-9(4,5)6/h;;(H2,1,2,3)(H2,4,5,6)/q2*+1;/p-4. The summed E-state index contributed by atoms with van der Waals surface area (Å²) in [6.07, 6.45) is 0. The van der Waals surface area contributed by atoms with Crippen LogP contribution < -0.4 is 122 Å². The van der Waals surface area contributed by atoms with Crippen LogP contribution in [0.25, 0.3) is 0 Å². The van der Waals surface area contributed by atoms with Gasteiger partial charge >= 0.3 is 103 Å². The zero-order chi connectivity index (χ0) is 7.71. The van der Waals surface area contributed by atoms with E-state index >= 15 is 0 Å². The second-order valence-corrected chi connectivity index (χ2v) is 3.42. The van der Waals surface area contributed by atoms with E-state index in [1.807, 2.05) is 0 Å². The van der Waals surface area contributed by atoms with Gasteiger partial charge in [-0.3, -0.25) is 0 Å². The molecule has 0 fully saturated rings. The first-order chi connectivity index (χ1) is 3.71. The average molecular weight is 252 g/mol. The summed E-state index contributed by atoms with van der Waals surface area (Å²) in [6.45, 7) is 0. The monoisotopic (exact) mass is 252 g/mol. The molecule has 0 heterocycles. The largest absolute Gasteiger partial charge is 1.00 e. The smallest absolute Gasteiger partial charge is 0.790 e. The molecule has 0 aliphatic rings. The van der Waals surface area contributed by atoms with Crippen LogP contribution in [-0.2, 0) is 13.4 Å². The van der Waals surface area contributed by atoms with Gasteiger partial charge in [-0.1, -0.05) is 0 Å². The van der Waals surface area contributed by atoms with Crippen molar-refractivity contribution in [2.24, 2.45) is 0 Å². The molecule has 0 aromatic rings. The molecule has 0 aromatic heterocycles. The van der Waals surface area contributed by atoms with Crippen molar-refractivity contribution in [1.82, 2.24) is 0 Å². The Labute approximate surface area is 148 Å². The molecule has 0 atom stereocenters. The number of hydrogen-bond acceptors (Lipinski definition) is 7. The van der Waals surface area contributed by atoms with Crippen LogP contribution in [0.3, 0.4) is 0 Å². The van der Waals surface area contributed by atoms with Gasteiger partial charge in [0, 0.05) is 0 Å². The Morgan fingerprint density at radius 2 is 1.00 bits per heavy atom. The van der Waals surface area contributed by atoms with Crippen molar-refractivity contribution in [3.05, 3.63) is 0 Å². The van der Waals surface area contributed by atoms with Crippen LogP contribution in [0, 0.1) is 0 Å². The fourth-order valence-electron chi connectivity index (χ4n) is 0.122. The Morgan fingerprint density at radius 1 is 0.818 bits per heavy atom. The first-order valence-corrected chi connectivity index (χ1v) is 4.38. The SMILES string of the molecule is O=P([O-])([O-])OP(=O)([O-])[O-].[K+].[K+]. The van der Waals surface area contributed by atoms with Gasteiger partial charge in [0.2, 0.25) is 0 Å². The van der Waals surface area contributed by atoms with Crippen LogP contribution in [0.15, 0.2) is 0 Å². The summed E-state index contributed by atoms with van der Waals surface area (Å²) < 4.78 is 21.2. The molecule has 0 saturated heterocycles. The van der Waals surface area contributed by atoms with Crippen molar-refractivity contribution >= 4 is 15.6 Å². The second kappa shape index (κ2) is 7.78. The number of phosphoric acid groups is 2. The maximum Gasteiger partial charge on any atom is 1.00 e. The third kappa shape index (κ3) is 19.8. The molecule has 56 valence electrons. The molecule has 0 aromatic carbocycles. The van der Waals surface area contributed by atoms with Crippen molar-refractivity contribution in [1.29, 1.82) is 0 Å². The van der Waals surface area contributed by atoms with Gasteiger partial charge in [0.1, 0.15) is 0 Å². The minimum Gasteiger partial charge on any atom is -0.790 e. The molecule has 11 heteroatoms. The maximum atomic E-state index is 9.32. The van der Waals surface area contributed by atoms with Gasteiger partial charge in [-0.2, -0.15) is 0 Å².